The Kier molecular flexibility index (Phi) is 5.38. The van der Waals surface area contributed by atoms with Gasteiger partial charge in [-0.1, -0.05) is 6.08 Å². The molecule has 1 unspecified atom stereocenters. The van der Waals surface area contributed by atoms with E-state index < -0.39 is 6.10 Å². The fourth-order valence-corrected chi connectivity index (χ4v) is 2.67. The summed E-state index contributed by atoms with van der Waals surface area (Å²) in [4.78, 5) is 2.37. The Balaban J connectivity index is 1.77. The number of thiophene rings is 1. The molecule has 0 aliphatic heterocycles. The summed E-state index contributed by atoms with van der Waals surface area (Å²) in [5, 5.41) is 14.2. The fourth-order valence-electron chi connectivity index (χ4n) is 2.01. The first-order valence-electron chi connectivity index (χ1n) is 6.41. The lowest BCUT2D eigenvalue weighted by Gasteiger charge is -2.24. The first-order chi connectivity index (χ1) is 8.79. The van der Waals surface area contributed by atoms with E-state index in [0.717, 1.165) is 6.54 Å². The van der Waals surface area contributed by atoms with E-state index in [-0.39, 0.29) is 0 Å². The number of nitrogens with zero attached hydrogens (tertiary/aromatic N) is 1. The van der Waals surface area contributed by atoms with Crippen molar-refractivity contribution in [1.29, 1.82) is 0 Å². The molecule has 1 heterocycles. The SMILES string of the molecule is C=CCOCC(O)CN(Cc1ccsc1)C1CC1. The maximum absolute atomic E-state index is 9.95. The summed E-state index contributed by atoms with van der Waals surface area (Å²) in [6.45, 7) is 6.11. The molecule has 2 rings (SSSR count). The number of aliphatic hydroxyl groups excluding tert-OH is 1. The topological polar surface area (TPSA) is 32.7 Å². The zero-order chi connectivity index (χ0) is 12.8. The number of ether oxygens (including phenoxy) is 1. The predicted molar refractivity (Wildman–Crippen MR) is 74.8 cm³/mol. The molecule has 1 aromatic heterocycles. The van der Waals surface area contributed by atoms with Gasteiger partial charge in [0.15, 0.2) is 0 Å². The Bertz CT molecular complexity index is 349. The molecule has 0 radical (unpaired) electrons. The summed E-state index contributed by atoms with van der Waals surface area (Å²) in [6.07, 6.45) is 3.80. The van der Waals surface area contributed by atoms with Gasteiger partial charge in [0.25, 0.3) is 0 Å². The van der Waals surface area contributed by atoms with Crippen LogP contribution in [0.25, 0.3) is 0 Å². The Morgan fingerprint density at radius 3 is 3.06 bits per heavy atom. The van der Waals surface area contributed by atoms with Gasteiger partial charge >= 0.3 is 0 Å². The third-order valence-corrected chi connectivity index (χ3v) is 3.75. The molecule has 100 valence electrons. The molecule has 1 fully saturated rings. The van der Waals surface area contributed by atoms with Crippen LogP contribution in [0.3, 0.4) is 0 Å². The summed E-state index contributed by atoms with van der Waals surface area (Å²) in [5.41, 5.74) is 1.34. The molecule has 3 nitrogen and oxygen atoms in total. The molecule has 0 amide bonds. The Hall–Kier alpha value is -0.680. The summed E-state index contributed by atoms with van der Waals surface area (Å²) in [5.74, 6) is 0. The van der Waals surface area contributed by atoms with Gasteiger partial charge in [0.05, 0.1) is 19.3 Å². The summed E-state index contributed by atoms with van der Waals surface area (Å²) >= 11 is 1.72. The van der Waals surface area contributed by atoms with E-state index >= 15 is 0 Å². The monoisotopic (exact) mass is 267 g/mol. The zero-order valence-electron chi connectivity index (χ0n) is 10.6. The van der Waals surface area contributed by atoms with Gasteiger partial charge in [0.1, 0.15) is 0 Å². The van der Waals surface area contributed by atoms with E-state index in [1.54, 1.807) is 17.4 Å². The molecule has 1 aliphatic rings. The molecule has 18 heavy (non-hydrogen) atoms. The second-order valence-corrected chi connectivity index (χ2v) is 5.55. The maximum atomic E-state index is 9.95. The van der Waals surface area contributed by atoms with Crippen molar-refractivity contribution < 1.29 is 9.84 Å². The highest BCUT2D eigenvalue weighted by Crippen LogP contribution is 2.28. The number of aliphatic hydroxyl groups is 1. The fraction of sp³-hybridized carbons (Fsp3) is 0.571. The molecule has 1 atom stereocenters. The molecule has 1 N–H and O–H groups in total. The lowest BCUT2D eigenvalue weighted by atomic mass is 10.2. The van der Waals surface area contributed by atoms with Gasteiger partial charge in [0, 0.05) is 19.1 Å². The van der Waals surface area contributed by atoms with Crippen molar-refractivity contribution in [3.63, 3.8) is 0 Å². The minimum Gasteiger partial charge on any atom is -0.389 e. The number of rotatable bonds is 9. The van der Waals surface area contributed by atoms with Crippen molar-refractivity contribution in [2.45, 2.75) is 31.5 Å². The van der Waals surface area contributed by atoms with E-state index in [1.165, 1.54) is 18.4 Å². The van der Waals surface area contributed by atoms with E-state index in [0.29, 0.717) is 25.8 Å². The molecular weight excluding hydrogens is 246 g/mol. The van der Waals surface area contributed by atoms with Gasteiger partial charge in [-0.25, -0.2) is 0 Å². The third kappa shape index (κ3) is 4.53. The second kappa shape index (κ2) is 7.04. The highest BCUT2D eigenvalue weighted by molar-refractivity contribution is 7.07. The summed E-state index contributed by atoms with van der Waals surface area (Å²) in [6, 6.07) is 2.81. The van der Waals surface area contributed by atoms with Crippen LogP contribution in [0.5, 0.6) is 0 Å². The van der Waals surface area contributed by atoms with Crippen LogP contribution in [-0.4, -0.2) is 41.9 Å². The second-order valence-electron chi connectivity index (χ2n) is 4.77. The summed E-state index contributed by atoms with van der Waals surface area (Å²) < 4.78 is 5.29. The Morgan fingerprint density at radius 2 is 2.44 bits per heavy atom. The molecule has 1 saturated carbocycles. The molecule has 0 spiro atoms. The van der Waals surface area contributed by atoms with Crippen LogP contribution < -0.4 is 0 Å². The smallest absolute Gasteiger partial charge is 0.0900 e. The van der Waals surface area contributed by atoms with Crippen molar-refractivity contribution in [3.05, 3.63) is 35.0 Å². The minimum absolute atomic E-state index is 0.388. The molecule has 0 saturated heterocycles. The van der Waals surface area contributed by atoms with Crippen molar-refractivity contribution in [3.8, 4) is 0 Å². The van der Waals surface area contributed by atoms with Gasteiger partial charge in [-0.2, -0.15) is 11.3 Å². The van der Waals surface area contributed by atoms with Crippen molar-refractivity contribution in [2.75, 3.05) is 19.8 Å². The van der Waals surface area contributed by atoms with Crippen molar-refractivity contribution >= 4 is 11.3 Å². The minimum atomic E-state index is -0.413. The largest absolute Gasteiger partial charge is 0.389 e. The average Bonchev–Trinajstić information content (AvgIpc) is 3.08. The lowest BCUT2D eigenvalue weighted by molar-refractivity contribution is 0.0228. The average molecular weight is 267 g/mol. The highest BCUT2D eigenvalue weighted by atomic mass is 32.1. The van der Waals surface area contributed by atoms with E-state index in [9.17, 15) is 5.11 Å². The first-order valence-corrected chi connectivity index (χ1v) is 7.35. The van der Waals surface area contributed by atoms with Gasteiger partial charge in [-0.05, 0) is 35.2 Å². The van der Waals surface area contributed by atoms with Crippen molar-refractivity contribution in [2.24, 2.45) is 0 Å². The van der Waals surface area contributed by atoms with Gasteiger partial charge in [-0.3, -0.25) is 4.90 Å². The zero-order valence-corrected chi connectivity index (χ0v) is 11.4. The molecule has 1 aromatic rings. The van der Waals surface area contributed by atoms with Crippen LogP contribution in [0.15, 0.2) is 29.5 Å². The van der Waals surface area contributed by atoms with Crippen LogP contribution in [0.2, 0.25) is 0 Å². The van der Waals surface area contributed by atoms with E-state index in [4.69, 9.17) is 4.74 Å². The Labute approximate surface area is 113 Å². The van der Waals surface area contributed by atoms with Crippen LogP contribution in [0, 0.1) is 0 Å². The van der Waals surface area contributed by atoms with Gasteiger partial charge < -0.3 is 9.84 Å². The number of hydrogen-bond donors (Lipinski definition) is 1. The normalized spacial score (nSPS) is 17.0. The quantitative estimate of drug-likeness (QED) is 0.550. The molecule has 0 bridgehead atoms. The predicted octanol–water partition coefficient (Wildman–Crippen LogP) is 2.28. The van der Waals surface area contributed by atoms with Crippen LogP contribution in [0.1, 0.15) is 18.4 Å². The Morgan fingerprint density at radius 1 is 1.61 bits per heavy atom. The van der Waals surface area contributed by atoms with Crippen LogP contribution >= 0.6 is 11.3 Å². The van der Waals surface area contributed by atoms with Crippen LogP contribution in [0.4, 0.5) is 0 Å². The highest BCUT2D eigenvalue weighted by Gasteiger charge is 2.30. The molecule has 4 heteroatoms. The van der Waals surface area contributed by atoms with Crippen LogP contribution in [-0.2, 0) is 11.3 Å². The van der Waals surface area contributed by atoms with Gasteiger partial charge in [-0.15, -0.1) is 6.58 Å². The van der Waals surface area contributed by atoms with Gasteiger partial charge in [0.2, 0.25) is 0 Å². The van der Waals surface area contributed by atoms with E-state index in [1.807, 2.05) is 0 Å². The first kappa shape index (κ1) is 13.7. The molecule has 0 aromatic carbocycles. The standard InChI is InChI=1S/C14H21NO2S/c1-2-6-17-10-14(16)9-15(13-3-4-13)8-12-5-7-18-11-12/h2,5,7,11,13-14,16H,1,3-4,6,8-10H2. The maximum Gasteiger partial charge on any atom is 0.0900 e. The van der Waals surface area contributed by atoms with E-state index in [2.05, 4.69) is 28.3 Å². The molecule has 1 aliphatic carbocycles. The molecular formula is C14H21NO2S. The lowest BCUT2D eigenvalue weighted by Crippen LogP contribution is -2.36. The third-order valence-electron chi connectivity index (χ3n) is 3.02. The summed E-state index contributed by atoms with van der Waals surface area (Å²) in [7, 11) is 0. The van der Waals surface area contributed by atoms with Crippen molar-refractivity contribution in [1.82, 2.24) is 4.90 Å². The number of hydrogen-bond acceptors (Lipinski definition) is 4.